The number of halogens is 3. The van der Waals surface area contributed by atoms with Crippen LogP contribution < -0.4 is 0 Å². The Morgan fingerprint density at radius 1 is 1.62 bits per heavy atom. The van der Waals surface area contributed by atoms with E-state index in [9.17, 15) is 9.18 Å². The molecule has 0 N–H and O–H groups in total. The molecule has 13 heavy (non-hydrogen) atoms. The first-order chi connectivity index (χ1) is 6.15. The second-order valence-electron chi connectivity index (χ2n) is 2.56. The van der Waals surface area contributed by atoms with E-state index >= 15 is 0 Å². The Bertz CT molecular complexity index is 296. The van der Waals surface area contributed by atoms with E-state index in [4.69, 9.17) is 11.6 Å². The molecule has 1 nitrogen and oxygen atoms in total. The molecule has 0 saturated heterocycles. The summed E-state index contributed by atoms with van der Waals surface area (Å²) in [6.45, 7) is 0. The minimum Gasteiger partial charge on any atom is -0.302 e. The van der Waals surface area contributed by atoms with Crippen LogP contribution in [-0.2, 0) is 11.2 Å². The molecule has 0 aliphatic heterocycles. The first-order valence-corrected chi connectivity index (χ1v) is 4.90. The summed E-state index contributed by atoms with van der Waals surface area (Å²) in [6.07, 6.45) is 0.804. The molecule has 1 rings (SSSR count). The fourth-order valence-corrected chi connectivity index (χ4v) is 1.63. The van der Waals surface area contributed by atoms with Crippen LogP contribution in [0.15, 0.2) is 22.7 Å². The van der Waals surface area contributed by atoms with E-state index in [-0.39, 0.29) is 12.2 Å². The zero-order valence-electron chi connectivity index (χ0n) is 6.64. The predicted molar refractivity (Wildman–Crippen MR) is 53.5 cm³/mol. The van der Waals surface area contributed by atoms with Gasteiger partial charge < -0.3 is 4.79 Å². The zero-order valence-corrected chi connectivity index (χ0v) is 8.98. The van der Waals surface area contributed by atoms with Gasteiger partial charge in [-0.05, 0) is 18.6 Å². The van der Waals surface area contributed by atoms with Crippen LogP contribution in [0.2, 0.25) is 0 Å². The summed E-state index contributed by atoms with van der Waals surface area (Å²) in [5.41, 5.74) is 0.439. The maximum Gasteiger partial charge on any atom is 0.138 e. The lowest BCUT2D eigenvalue weighted by molar-refractivity contribution is -0.107. The number of benzene rings is 1. The maximum absolute atomic E-state index is 13.1. The number of alkyl halides is 1. The normalized spacial score (nSPS) is 12.5. The number of hydrogen-bond donors (Lipinski definition) is 0. The minimum absolute atomic E-state index is 0.207. The molecule has 0 spiro atoms. The van der Waals surface area contributed by atoms with E-state index in [0.717, 1.165) is 0 Å². The topological polar surface area (TPSA) is 17.1 Å². The monoisotopic (exact) mass is 264 g/mol. The summed E-state index contributed by atoms with van der Waals surface area (Å²) in [6, 6.07) is 4.65. The molecule has 0 aliphatic rings. The summed E-state index contributed by atoms with van der Waals surface area (Å²) >= 11 is 8.78. The summed E-state index contributed by atoms with van der Waals surface area (Å²) in [5.74, 6) is -0.345. The second kappa shape index (κ2) is 4.72. The van der Waals surface area contributed by atoms with Gasteiger partial charge >= 0.3 is 0 Å². The standard InChI is InChI=1S/C9H7BrClFO/c10-8-2-1-3-9(12)7(8)4-6(11)5-13/h1-3,5-6H,4H2. The molecule has 4 heteroatoms. The van der Waals surface area contributed by atoms with E-state index in [2.05, 4.69) is 15.9 Å². The van der Waals surface area contributed by atoms with E-state index in [0.29, 0.717) is 16.3 Å². The Kier molecular flexibility index (Phi) is 3.88. The fourth-order valence-electron chi connectivity index (χ4n) is 0.970. The van der Waals surface area contributed by atoms with Crippen molar-refractivity contribution in [3.8, 4) is 0 Å². The van der Waals surface area contributed by atoms with Gasteiger partial charge in [-0.3, -0.25) is 0 Å². The molecule has 1 aromatic rings. The van der Waals surface area contributed by atoms with Gasteiger partial charge in [-0.25, -0.2) is 4.39 Å². The smallest absolute Gasteiger partial charge is 0.138 e. The molecule has 0 aromatic heterocycles. The highest BCUT2D eigenvalue weighted by Crippen LogP contribution is 2.21. The van der Waals surface area contributed by atoms with E-state index in [1.165, 1.54) is 6.07 Å². The van der Waals surface area contributed by atoms with Crippen molar-refractivity contribution >= 4 is 33.8 Å². The van der Waals surface area contributed by atoms with E-state index < -0.39 is 5.38 Å². The lowest BCUT2D eigenvalue weighted by atomic mass is 10.1. The van der Waals surface area contributed by atoms with Crippen molar-refractivity contribution in [2.24, 2.45) is 0 Å². The molecule has 0 aliphatic carbocycles. The summed E-state index contributed by atoms with van der Waals surface area (Å²) in [5, 5.41) is -0.673. The third kappa shape index (κ3) is 2.78. The van der Waals surface area contributed by atoms with Crippen molar-refractivity contribution < 1.29 is 9.18 Å². The fraction of sp³-hybridized carbons (Fsp3) is 0.222. The van der Waals surface area contributed by atoms with Crippen LogP contribution >= 0.6 is 27.5 Å². The van der Waals surface area contributed by atoms with Crippen molar-refractivity contribution in [2.45, 2.75) is 11.8 Å². The predicted octanol–water partition coefficient (Wildman–Crippen LogP) is 2.94. The van der Waals surface area contributed by atoms with Gasteiger partial charge in [0.15, 0.2) is 0 Å². The van der Waals surface area contributed by atoms with Gasteiger partial charge in [-0.1, -0.05) is 22.0 Å². The van der Waals surface area contributed by atoms with Crippen molar-refractivity contribution in [3.63, 3.8) is 0 Å². The Balaban J connectivity index is 2.93. The minimum atomic E-state index is -0.673. The number of aldehydes is 1. The van der Waals surface area contributed by atoms with Gasteiger partial charge in [0.2, 0.25) is 0 Å². The number of carbonyl (C=O) groups excluding carboxylic acids is 1. The summed E-state index contributed by atoms with van der Waals surface area (Å²) in [4.78, 5) is 10.3. The Morgan fingerprint density at radius 3 is 2.85 bits per heavy atom. The van der Waals surface area contributed by atoms with Crippen molar-refractivity contribution in [1.29, 1.82) is 0 Å². The van der Waals surface area contributed by atoms with E-state index in [1.807, 2.05) is 0 Å². The second-order valence-corrected chi connectivity index (χ2v) is 3.97. The van der Waals surface area contributed by atoms with Gasteiger partial charge in [-0.2, -0.15) is 0 Å². The van der Waals surface area contributed by atoms with Gasteiger partial charge in [0, 0.05) is 10.0 Å². The maximum atomic E-state index is 13.1. The highest BCUT2D eigenvalue weighted by Gasteiger charge is 2.11. The Hall–Kier alpha value is -0.410. The number of carbonyl (C=O) groups is 1. The van der Waals surface area contributed by atoms with Crippen LogP contribution in [0.3, 0.4) is 0 Å². The first kappa shape index (κ1) is 10.7. The van der Waals surface area contributed by atoms with Crippen LogP contribution in [0.5, 0.6) is 0 Å². The molecule has 0 heterocycles. The van der Waals surface area contributed by atoms with Crippen LogP contribution in [0.4, 0.5) is 4.39 Å². The van der Waals surface area contributed by atoms with E-state index in [1.54, 1.807) is 12.1 Å². The molecule has 0 amide bonds. The molecule has 0 radical (unpaired) electrons. The highest BCUT2D eigenvalue weighted by molar-refractivity contribution is 9.10. The van der Waals surface area contributed by atoms with Gasteiger partial charge in [0.25, 0.3) is 0 Å². The number of hydrogen-bond acceptors (Lipinski definition) is 1. The molecule has 1 aromatic carbocycles. The first-order valence-electron chi connectivity index (χ1n) is 3.67. The molecule has 0 saturated carbocycles. The molecule has 1 unspecified atom stereocenters. The SMILES string of the molecule is O=CC(Cl)Cc1c(F)cccc1Br. The van der Waals surface area contributed by atoms with Gasteiger partial charge in [0.1, 0.15) is 12.1 Å². The largest absolute Gasteiger partial charge is 0.302 e. The van der Waals surface area contributed by atoms with Crippen LogP contribution in [0.25, 0.3) is 0 Å². The highest BCUT2D eigenvalue weighted by atomic mass is 79.9. The third-order valence-electron chi connectivity index (χ3n) is 1.61. The molecule has 0 fully saturated rings. The van der Waals surface area contributed by atoms with Gasteiger partial charge in [-0.15, -0.1) is 11.6 Å². The van der Waals surface area contributed by atoms with Crippen LogP contribution in [0.1, 0.15) is 5.56 Å². The lowest BCUT2D eigenvalue weighted by Gasteiger charge is -2.05. The molecule has 70 valence electrons. The third-order valence-corrected chi connectivity index (χ3v) is 2.61. The number of rotatable bonds is 3. The summed E-state index contributed by atoms with van der Waals surface area (Å²) in [7, 11) is 0. The molecule has 0 bridgehead atoms. The van der Waals surface area contributed by atoms with Crippen molar-refractivity contribution in [2.75, 3.05) is 0 Å². The van der Waals surface area contributed by atoms with Crippen molar-refractivity contribution in [1.82, 2.24) is 0 Å². The Morgan fingerprint density at radius 2 is 2.31 bits per heavy atom. The molecular weight excluding hydrogens is 258 g/mol. The molecular formula is C9H7BrClFO. The Labute approximate surface area is 89.0 Å². The average Bonchev–Trinajstić information content (AvgIpc) is 2.11. The lowest BCUT2D eigenvalue weighted by Crippen LogP contribution is -2.06. The zero-order chi connectivity index (χ0) is 9.84. The molecule has 1 atom stereocenters. The van der Waals surface area contributed by atoms with Crippen LogP contribution in [-0.4, -0.2) is 11.7 Å². The van der Waals surface area contributed by atoms with Crippen LogP contribution in [0, 0.1) is 5.82 Å². The van der Waals surface area contributed by atoms with Crippen molar-refractivity contribution in [3.05, 3.63) is 34.1 Å². The summed E-state index contributed by atoms with van der Waals surface area (Å²) < 4.78 is 13.8. The quantitative estimate of drug-likeness (QED) is 0.607. The average molecular weight is 266 g/mol. The van der Waals surface area contributed by atoms with Gasteiger partial charge in [0.05, 0.1) is 5.38 Å².